The fraction of sp³-hybridized carbons (Fsp3) is 0.267. The normalized spacial score (nSPS) is 16.0. The Bertz CT molecular complexity index is 1560. The number of aromatic nitrogens is 1. The zero-order valence-electron chi connectivity index (χ0n) is 23.3. The number of aliphatic hydroxyl groups is 1. The molecule has 2 aromatic carbocycles. The predicted molar refractivity (Wildman–Crippen MR) is 154 cm³/mol. The van der Waals surface area contributed by atoms with Gasteiger partial charge >= 0.3 is 11.9 Å². The van der Waals surface area contributed by atoms with Gasteiger partial charge in [0.2, 0.25) is 0 Å². The largest absolute Gasteiger partial charge is 0.507 e. The lowest BCUT2D eigenvalue weighted by atomic mass is 9.93. The molecule has 1 atom stereocenters. The molecule has 0 aliphatic carbocycles. The van der Waals surface area contributed by atoms with Crippen molar-refractivity contribution in [1.82, 2.24) is 4.98 Å². The first-order valence-electron chi connectivity index (χ1n) is 12.7. The summed E-state index contributed by atoms with van der Waals surface area (Å²) in [6, 6.07) is 8.84. The van der Waals surface area contributed by atoms with Crippen molar-refractivity contribution in [3.63, 3.8) is 0 Å². The molecule has 11 heteroatoms. The lowest BCUT2D eigenvalue weighted by molar-refractivity contribution is -0.132. The summed E-state index contributed by atoms with van der Waals surface area (Å²) in [5, 5.41) is 11.7. The van der Waals surface area contributed by atoms with Gasteiger partial charge < -0.3 is 24.1 Å². The number of carbonyl (C=O) groups is 3. The number of anilines is 1. The van der Waals surface area contributed by atoms with Crippen molar-refractivity contribution < 1.29 is 38.4 Å². The first-order valence-corrected chi connectivity index (χ1v) is 13.5. The maximum absolute atomic E-state index is 13.6. The average molecular weight is 579 g/mol. The number of aryl methyl sites for hydroxylation is 2. The SMILES string of the molecule is C=CCOc1ccc(/C(O)=C2/C(=O)C(=O)N(c3nc(C)c(C(=O)OCC)s3)C2c2ccc(OC)c(OC)c2)c(C)c1. The molecule has 0 spiro atoms. The minimum absolute atomic E-state index is 0.108. The first-order chi connectivity index (χ1) is 19.7. The molecule has 41 heavy (non-hydrogen) atoms. The van der Waals surface area contributed by atoms with Crippen LogP contribution >= 0.6 is 11.3 Å². The van der Waals surface area contributed by atoms with Crippen LogP contribution in [0.15, 0.2) is 54.6 Å². The second-order valence-corrected chi connectivity index (χ2v) is 9.97. The Kier molecular flexibility index (Phi) is 8.77. The topological polar surface area (TPSA) is 124 Å². The number of thiazole rings is 1. The zero-order chi connectivity index (χ0) is 29.8. The highest BCUT2D eigenvalue weighted by molar-refractivity contribution is 7.17. The van der Waals surface area contributed by atoms with E-state index in [1.54, 1.807) is 63.2 Å². The fourth-order valence-electron chi connectivity index (χ4n) is 4.53. The molecule has 1 fully saturated rings. The van der Waals surface area contributed by atoms with E-state index >= 15 is 0 Å². The Morgan fingerprint density at radius 1 is 1.12 bits per heavy atom. The molecule has 1 aromatic heterocycles. The summed E-state index contributed by atoms with van der Waals surface area (Å²) < 4.78 is 21.5. The summed E-state index contributed by atoms with van der Waals surface area (Å²) in [6.45, 7) is 9.16. The van der Waals surface area contributed by atoms with Crippen LogP contribution in [0.3, 0.4) is 0 Å². The highest BCUT2D eigenvalue weighted by atomic mass is 32.1. The number of hydrogen-bond acceptors (Lipinski definition) is 10. The van der Waals surface area contributed by atoms with Crippen LogP contribution in [0, 0.1) is 13.8 Å². The number of nitrogens with zero attached hydrogens (tertiary/aromatic N) is 2. The number of esters is 1. The summed E-state index contributed by atoms with van der Waals surface area (Å²) in [7, 11) is 2.96. The molecule has 4 rings (SSSR count). The Morgan fingerprint density at radius 2 is 1.85 bits per heavy atom. The van der Waals surface area contributed by atoms with Gasteiger partial charge in [0, 0.05) is 5.56 Å². The van der Waals surface area contributed by atoms with Crippen molar-refractivity contribution in [2.75, 3.05) is 32.3 Å². The number of ketones is 1. The third kappa shape index (κ3) is 5.53. The Labute approximate surface area is 241 Å². The van der Waals surface area contributed by atoms with E-state index in [-0.39, 0.29) is 27.9 Å². The number of Topliss-reactive ketones (excluding diaryl/α,β-unsaturated/α-hetero) is 1. The van der Waals surface area contributed by atoms with Gasteiger partial charge in [-0.1, -0.05) is 30.1 Å². The molecule has 1 saturated heterocycles. The highest BCUT2D eigenvalue weighted by Gasteiger charge is 2.48. The van der Waals surface area contributed by atoms with Crippen LogP contribution in [0.25, 0.3) is 5.76 Å². The van der Waals surface area contributed by atoms with Crippen molar-refractivity contribution in [3.05, 3.63) is 81.9 Å². The molecule has 3 aromatic rings. The second kappa shape index (κ2) is 12.3. The molecular formula is C30H30N2O8S. The van der Waals surface area contributed by atoms with Crippen LogP contribution in [0.4, 0.5) is 5.13 Å². The number of hydrogen-bond donors (Lipinski definition) is 1. The van der Waals surface area contributed by atoms with E-state index in [0.29, 0.717) is 46.2 Å². The molecule has 10 nitrogen and oxygen atoms in total. The maximum Gasteiger partial charge on any atom is 0.350 e. The van der Waals surface area contributed by atoms with Gasteiger partial charge in [-0.2, -0.15) is 0 Å². The van der Waals surface area contributed by atoms with E-state index in [1.807, 2.05) is 0 Å². The van der Waals surface area contributed by atoms with Crippen LogP contribution < -0.4 is 19.1 Å². The van der Waals surface area contributed by atoms with Gasteiger partial charge in [-0.25, -0.2) is 9.78 Å². The van der Waals surface area contributed by atoms with E-state index in [1.165, 1.54) is 19.1 Å². The van der Waals surface area contributed by atoms with Gasteiger partial charge in [0.1, 0.15) is 23.0 Å². The molecule has 0 saturated carbocycles. The van der Waals surface area contributed by atoms with E-state index in [9.17, 15) is 19.5 Å². The molecule has 214 valence electrons. The molecule has 1 aliphatic rings. The average Bonchev–Trinajstić information content (AvgIpc) is 3.47. The van der Waals surface area contributed by atoms with Gasteiger partial charge in [-0.3, -0.25) is 14.5 Å². The van der Waals surface area contributed by atoms with Gasteiger partial charge in [0.05, 0.1) is 38.1 Å². The van der Waals surface area contributed by atoms with Crippen LogP contribution in [0.1, 0.15) is 45.0 Å². The minimum Gasteiger partial charge on any atom is -0.507 e. The Morgan fingerprint density at radius 3 is 2.49 bits per heavy atom. The summed E-state index contributed by atoms with van der Waals surface area (Å²) in [5.74, 6) is -1.40. The summed E-state index contributed by atoms with van der Waals surface area (Å²) in [4.78, 5) is 45.5. The fourth-order valence-corrected chi connectivity index (χ4v) is 5.52. The standard InChI is InChI=1S/C30H30N2O8S/c1-7-13-40-19-10-11-20(16(3)14-19)25(33)23-24(18-9-12-21(37-5)22(15-18)38-6)32(28(35)26(23)34)30-31-17(4)27(41-30)29(36)39-8-2/h7,9-12,14-15,24,33H,1,8,13H2,2-6H3/b25-23-. The van der Waals surface area contributed by atoms with E-state index < -0.39 is 23.7 Å². The van der Waals surface area contributed by atoms with Crippen LogP contribution in [-0.4, -0.2) is 55.2 Å². The molecule has 2 heterocycles. The number of carbonyl (C=O) groups excluding carboxylic acids is 3. The minimum atomic E-state index is -1.09. The Balaban J connectivity index is 1.93. The lowest BCUT2D eigenvalue weighted by Crippen LogP contribution is -2.29. The maximum atomic E-state index is 13.6. The molecule has 1 unspecified atom stereocenters. The van der Waals surface area contributed by atoms with E-state index in [4.69, 9.17) is 18.9 Å². The van der Waals surface area contributed by atoms with Crippen LogP contribution in [0.2, 0.25) is 0 Å². The monoisotopic (exact) mass is 578 g/mol. The van der Waals surface area contributed by atoms with Gasteiger partial charge in [-0.15, -0.1) is 0 Å². The summed E-state index contributed by atoms with van der Waals surface area (Å²) >= 11 is 0.931. The smallest absolute Gasteiger partial charge is 0.350 e. The van der Waals surface area contributed by atoms with Crippen LogP contribution in [0.5, 0.6) is 17.2 Å². The second-order valence-electron chi connectivity index (χ2n) is 8.99. The van der Waals surface area contributed by atoms with Gasteiger partial charge in [0.25, 0.3) is 5.78 Å². The third-order valence-electron chi connectivity index (χ3n) is 6.44. The molecule has 0 radical (unpaired) electrons. The number of amides is 1. The summed E-state index contributed by atoms with van der Waals surface area (Å²) in [6.07, 6.45) is 1.61. The van der Waals surface area contributed by atoms with Gasteiger partial charge in [0.15, 0.2) is 16.6 Å². The van der Waals surface area contributed by atoms with Gasteiger partial charge in [-0.05, 0) is 62.2 Å². The quantitative estimate of drug-likeness (QED) is 0.114. The molecule has 1 aliphatic heterocycles. The zero-order valence-corrected chi connectivity index (χ0v) is 24.2. The molecule has 1 amide bonds. The number of ether oxygens (including phenoxy) is 4. The van der Waals surface area contributed by atoms with Crippen molar-refractivity contribution in [2.24, 2.45) is 0 Å². The molecular weight excluding hydrogens is 548 g/mol. The first kappa shape index (κ1) is 29.3. The Hall–Kier alpha value is -4.64. The third-order valence-corrected chi connectivity index (χ3v) is 7.58. The number of aliphatic hydroxyl groups excluding tert-OH is 1. The van der Waals surface area contributed by atoms with Crippen molar-refractivity contribution in [1.29, 1.82) is 0 Å². The van der Waals surface area contributed by atoms with E-state index in [2.05, 4.69) is 11.6 Å². The summed E-state index contributed by atoms with van der Waals surface area (Å²) in [5.41, 5.74) is 1.63. The van der Waals surface area contributed by atoms with Crippen molar-refractivity contribution in [3.8, 4) is 17.2 Å². The molecule has 1 N–H and O–H groups in total. The van der Waals surface area contributed by atoms with Crippen molar-refractivity contribution >= 4 is 39.9 Å². The number of rotatable bonds is 10. The molecule has 0 bridgehead atoms. The van der Waals surface area contributed by atoms with Crippen LogP contribution in [-0.2, 0) is 14.3 Å². The van der Waals surface area contributed by atoms with E-state index in [0.717, 1.165) is 11.3 Å². The number of benzene rings is 2. The lowest BCUT2D eigenvalue weighted by Gasteiger charge is -2.24. The predicted octanol–water partition coefficient (Wildman–Crippen LogP) is 5.14. The van der Waals surface area contributed by atoms with Crippen molar-refractivity contribution in [2.45, 2.75) is 26.8 Å². The number of methoxy groups -OCH3 is 2. The highest BCUT2D eigenvalue weighted by Crippen LogP contribution is 2.46.